The fourth-order valence-corrected chi connectivity index (χ4v) is 4.89. The van der Waals surface area contributed by atoms with Gasteiger partial charge in [-0.1, -0.05) is 25.3 Å². The lowest BCUT2D eigenvalue weighted by atomic mass is 9.95. The maximum atomic E-state index is 10.1. The van der Waals surface area contributed by atoms with Crippen molar-refractivity contribution >= 4 is 28.6 Å². The van der Waals surface area contributed by atoms with Crippen LogP contribution in [0, 0.1) is 0 Å². The summed E-state index contributed by atoms with van der Waals surface area (Å²) in [5, 5.41) is 17.0. The molecule has 0 radical (unpaired) electrons. The van der Waals surface area contributed by atoms with E-state index < -0.39 is 0 Å². The van der Waals surface area contributed by atoms with Crippen LogP contribution in [0.3, 0.4) is 0 Å². The van der Waals surface area contributed by atoms with E-state index in [2.05, 4.69) is 30.5 Å². The molecule has 1 atom stereocenters. The maximum Gasteiger partial charge on any atom is 0.231 e. The van der Waals surface area contributed by atoms with Crippen molar-refractivity contribution in [3.05, 3.63) is 30.1 Å². The smallest absolute Gasteiger partial charge is 0.231 e. The Kier molecular flexibility index (Phi) is 7.08. The first kappa shape index (κ1) is 22.8. The van der Waals surface area contributed by atoms with Crippen molar-refractivity contribution in [3.63, 3.8) is 0 Å². The van der Waals surface area contributed by atoms with Crippen LogP contribution in [-0.4, -0.2) is 76.0 Å². The first-order valence-corrected chi connectivity index (χ1v) is 12.1. The van der Waals surface area contributed by atoms with Crippen LogP contribution in [0.4, 0.5) is 17.5 Å². The molecule has 3 heterocycles. The Hall–Kier alpha value is -2.95. The van der Waals surface area contributed by atoms with Gasteiger partial charge in [0.05, 0.1) is 45.0 Å². The van der Waals surface area contributed by atoms with E-state index in [-0.39, 0.29) is 12.6 Å². The number of anilines is 3. The molecular formula is C24H33N7O3. The Labute approximate surface area is 199 Å². The molecule has 5 rings (SSSR count). The molecule has 2 fully saturated rings. The molecule has 10 heteroatoms. The van der Waals surface area contributed by atoms with Gasteiger partial charge in [-0.15, -0.1) is 0 Å². The van der Waals surface area contributed by atoms with Crippen LogP contribution in [0.1, 0.15) is 43.7 Å². The molecule has 34 heavy (non-hydrogen) atoms. The van der Waals surface area contributed by atoms with Crippen LogP contribution in [-0.2, 0) is 4.74 Å². The average Bonchev–Trinajstić information content (AvgIpc) is 3.36. The van der Waals surface area contributed by atoms with Crippen LogP contribution in [0.15, 0.2) is 24.5 Å². The highest BCUT2D eigenvalue weighted by molar-refractivity contribution is 5.84. The fourth-order valence-electron chi connectivity index (χ4n) is 4.89. The fraction of sp³-hybridized carbons (Fsp3) is 0.542. The third kappa shape index (κ3) is 4.94. The molecule has 1 saturated carbocycles. The number of H-pyrrole nitrogens is 1. The van der Waals surface area contributed by atoms with Crippen LogP contribution in [0.5, 0.6) is 5.75 Å². The molecule has 1 aliphatic heterocycles. The van der Waals surface area contributed by atoms with Crippen molar-refractivity contribution in [1.29, 1.82) is 0 Å². The lowest BCUT2D eigenvalue weighted by Gasteiger charge is -2.33. The second-order valence-corrected chi connectivity index (χ2v) is 8.91. The summed E-state index contributed by atoms with van der Waals surface area (Å²) in [5.74, 6) is 1.88. The molecule has 1 saturated heterocycles. The first-order chi connectivity index (χ1) is 16.7. The van der Waals surface area contributed by atoms with Gasteiger partial charge in [0.2, 0.25) is 5.95 Å². The molecule has 0 bridgehead atoms. The van der Waals surface area contributed by atoms with Crippen molar-refractivity contribution < 1.29 is 14.6 Å². The normalized spacial score (nSPS) is 18.6. The summed E-state index contributed by atoms with van der Waals surface area (Å²) in [6, 6.07) is 6.23. The van der Waals surface area contributed by atoms with Gasteiger partial charge in [-0.25, -0.2) is 4.98 Å². The van der Waals surface area contributed by atoms with Gasteiger partial charge in [0.25, 0.3) is 0 Å². The van der Waals surface area contributed by atoms with Gasteiger partial charge >= 0.3 is 0 Å². The monoisotopic (exact) mass is 467 g/mol. The maximum absolute atomic E-state index is 10.1. The zero-order valence-electron chi connectivity index (χ0n) is 19.6. The van der Waals surface area contributed by atoms with E-state index in [1.165, 1.54) is 19.3 Å². The molecule has 0 spiro atoms. The summed E-state index contributed by atoms with van der Waals surface area (Å²) in [6.07, 6.45) is 7.71. The van der Waals surface area contributed by atoms with Crippen LogP contribution >= 0.6 is 0 Å². The van der Waals surface area contributed by atoms with Gasteiger partial charge in [0, 0.05) is 19.1 Å². The summed E-state index contributed by atoms with van der Waals surface area (Å²) in [6.45, 7) is 2.98. The van der Waals surface area contributed by atoms with Gasteiger partial charge in [-0.05, 0) is 30.5 Å². The minimum atomic E-state index is -0.102. The van der Waals surface area contributed by atoms with Crippen molar-refractivity contribution in [1.82, 2.24) is 24.8 Å². The number of morpholine rings is 1. The zero-order valence-corrected chi connectivity index (χ0v) is 19.6. The Morgan fingerprint density at radius 1 is 1.21 bits per heavy atom. The standard InChI is InChI=1S/C24H33N7O3/c1-33-20-13-16(19(14-32)31-9-11-34-12-10-31)7-8-18(20)28-24-29-22-21(25-15-26-22)23(30-24)27-17-5-3-2-4-6-17/h7-8,13,15,17,19,32H,2-6,9-12,14H2,1H3,(H3,25,26,27,28,29,30). The number of benzene rings is 1. The van der Waals surface area contributed by atoms with Gasteiger partial charge in [-0.2, -0.15) is 9.97 Å². The van der Waals surface area contributed by atoms with Gasteiger partial charge < -0.3 is 30.2 Å². The Morgan fingerprint density at radius 3 is 2.79 bits per heavy atom. The van der Waals surface area contributed by atoms with Crippen molar-refractivity contribution in [2.45, 2.75) is 44.2 Å². The largest absolute Gasteiger partial charge is 0.495 e. The highest BCUT2D eigenvalue weighted by Crippen LogP contribution is 2.33. The summed E-state index contributed by atoms with van der Waals surface area (Å²) in [7, 11) is 1.64. The number of aliphatic hydroxyl groups is 1. The number of rotatable bonds is 8. The molecule has 1 unspecified atom stereocenters. The Bertz CT molecular complexity index is 1090. The number of ether oxygens (including phenoxy) is 2. The second-order valence-electron chi connectivity index (χ2n) is 8.91. The third-order valence-corrected chi connectivity index (χ3v) is 6.75. The third-order valence-electron chi connectivity index (χ3n) is 6.75. The minimum Gasteiger partial charge on any atom is -0.495 e. The predicted molar refractivity (Wildman–Crippen MR) is 131 cm³/mol. The topological polar surface area (TPSA) is 120 Å². The predicted octanol–water partition coefficient (Wildman–Crippen LogP) is 3.22. The number of imidazole rings is 1. The summed E-state index contributed by atoms with van der Waals surface area (Å²) < 4.78 is 11.1. The van der Waals surface area contributed by atoms with E-state index in [4.69, 9.17) is 14.5 Å². The molecule has 10 nitrogen and oxygen atoms in total. The molecule has 0 amide bonds. The zero-order chi connectivity index (χ0) is 23.3. The second kappa shape index (κ2) is 10.5. The Morgan fingerprint density at radius 2 is 2.03 bits per heavy atom. The quantitative estimate of drug-likeness (QED) is 0.396. The van der Waals surface area contributed by atoms with E-state index in [1.54, 1.807) is 13.4 Å². The number of aromatic nitrogens is 4. The van der Waals surface area contributed by atoms with Crippen LogP contribution in [0.2, 0.25) is 0 Å². The number of nitrogens with zero attached hydrogens (tertiary/aromatic N) is 4. The van der Waals surface area contributed by atoms with E-state index in [1.807, 2.05) is 18.2 Å². The van der Waals surface area contributed by atoms with Crippen molar-refractivity contribution in [2.75, 3.05) is 50.7 Å². The Balaban J connectivity index is 1.39. The molecular weight excluding hydrogens is 434 g/mol. The first-order valence-electron chi connectivity index (χ1n) is 12.1. The van der Waals surface area contributed by atoms with E-state index in [0.717, 1.165) is 48.5 Å². The number of aliphatic hydroxyl groups excluding tert-OH is 1. The SMILES string of the molecule is COc1cc(C(CO)N2CCOCC2)ccc1Nc1nc(NC2CCCCC2)c2[nH]cnc2n1. The van der Waals surface area contributed by atoms with Crippen molar-refractivity contribution in [3.8, 4) is 5.75 Å². The minimum absolute atomic E-state index is 0.0328. The van der Waals surface area contributed by atoms with Crippen LogP contribution < -0.4 is 15.4 Å². The van der Waals surface area contributed by atoms with E-state index >= 15 is 0 Å². The van der Waals surface area contributed by atoms with Gasteiger partial charge in [0.1, 0.15) is 11.3 Å². The van der Waals surface area contributed by atoms with Gasteiger partial charge in [-0.3, -0.25) is 4.90 Å². The molecule has 4 N–H and O–H groups in total. The highest BCUT2D eigenvalue weighted by atomic mass is 16.5. The summed E-state index contributed by atoms with van der Waals surface area (Å²) in [4.78, 5) is 19.1. The molecule has 1 aromatic carbocycles. The number of nitrogens with one attached hydrogen (secondary N) is 3. The number of hydrogen-bond acceptors (Lipinski definition) is 9. The number of hydrogen-bond donors (Lipinski definition) is 4. The van der Waals surface area contributed by atoms with Gasteiger partial charge in [0.15, 0.2) is 11.5 Å². The lowest BCUT2D eigenvalue weighted by molar-refractivity contribution is 0.00256. The average molecular weight is 468 g/mol. The molecule has 3 aromatic rings. The number of methoxy groups -OCH3 is 1. The lowest BCUT2D eigenvalue weighted by Crippen LogP contribution is -2.40. The summed E-state index contributed by atoms with van der Waals surface area (Å²) >= 11 is 0. The molecule has 2 aromatic heterocycles. The molecule has 2 aliphatic rings. The highest BCUT2D eigenvalue weighted by Gasteiger charge is 2.23. The summed E-state index contributed by atoms with van der Waals surface area (Å²) in [5.41, 5.74) is 3.17. The number of aromatic amines is 1. The molecule has 1 aliphatic carbocycles. The van der Waals surface area contributed by atoms with E-state index in [9.17, 15) is 5.11 Å². The molecule has 182 valence electrons. The van der Waals surface area contributed by atoms with Crippen LogP contribution in [0.25, 0.3) is 11.2 Å². The van der Waals surface area contributed by atoms with E-state index in [0.29, 0.717) is 36.6 Å². The number of fused-ring (bicyclic) bond motifs is 1. The van der Waals surface area contributed by atoms with Crippen molar-refractivity contribution in [2.24, 2.45) is 0 Å².